The van der Waals surface area contributed by atoms with E-state index < -0.39 is 11.8 Å². The summed E-state index contributed by atoms with van der Waals surface area (Å²) >= 11 is 0. The van der Waals surface area contributed by atoms with Crippen LogP contribution < -0.4 is 0 Å². The molecule has 0 atom stereocenters. The van der Waals surface area contributed by atoms with Crippen LogP contribution in [0.25, 0.3) is 0 Å². The van der Waals surface area contributed by atoms with Gasteiger partial charge in [0.05, 0.1) is 0 Å². The second-order valence-electron chi connectivity index (χ2n) is 3.77. The third-order valence-electron chi connectivity index (χ3n) is 2.34. The SMILES string of the molecule is CCCCCCCCC/C=C(\F)C(=O)O. The molecular formula is C12H21FO2. The molecule has 0 aliphatic carbocycles. The Bertz CT molecular complexity index is 200. The maximum absolute atomic E-state index is 12.5. The Morgan fingerprint density at radius 3 is 2.20 bits per heavy atom. The normalized spacial score (nSPS) is 11.7. The second kappa shape index (κ2) is 9.69. The molecule has 0 spiro atoms. The molecule has 0 amide bonds. The zero-order chi connectivity index (χ0) is 11.5. The smallest absolute Gasteiger partial charge is 0.364 e. The maximum Gasteiger partial charge on any atom is 0.364 e. The number of carboxylic acid groups (broad SMARTS) is 1. The first kappa shape index (κ1) is 14.1. The van der Waals surface area contributed by atoms with Gasteiger partial charge in [-0.25, -0.2) is 4.79 Å². The van der Waals surface area contributed by atoms with Crippen molar-refractivity contribution in [1.29, 1.82) is 0 Å². The third kappa shape index (κ3) is 9.44. The second-order valence-corrected chi connectivity index (χ2v) is 3.77. The number of halogens is 1. The molecule has 0 radical (unpaired) electrons. The summed E-state index contributed by atoms with van der Waals surface area (Å²) in [5.74, 6) is -2.49. The average Bonchev–Trinajstić information content (AvgIpc) is 2.21. The van der Waals surface area contributed by atoms with Gasteiger partial charge < -0.3 is 5.11 Å². The fraction of sp³-hybridized carbons (Fsp3) is 0.750. The van der Waals surface area contributed by atoms with Crippen LogP contribution in [0.2, 0.25) is 0 Å². The molecule has 15 heavy (non-hydrogen) atoms. The lowest BCUT2D eigenvalue weighted by atomic mass is 10.1. The van der Waals surface area contributed by atoms with Crippen LogP contribution in [0.5, 0.6) is 0 Å². The number of aliphatic carboxylic acids is 1. The molecule has 0 heterocycles. The molecule has 0 saturated heterocycles. The highest BCUT2D eigenvalue weighted by atomic mass is 19.1. The van der Waals surface area contributed by atoms with E-state index in [4.69, 9.17) is 5.11 Å². The van der Waals surface area contributed by atoms with Gasteiger partial charge in [-0.15, -0.1) is 0 Å². The first-order chi connectivity index (χ1) is 7.18. The van der Waals surface area contributed by atoms with Gasteiger partial charge in [-0.2, -0.15) is 4.39 Å². The zero-order valence-corrected chi connectivity index (χ0v) is 9.47. The summed E-state index contributed by atoms with van der Waals surface area (Å²) in [7, 11) is 0. The molecule has 3 heteroatoms. The molecule has 1 N–H and O–H groups in total. The molecule has 0 bridgehead atoms. The van der Waals surface area contributed by atoms with Gasteiger partial charge in [0, 0.05) is 0 Å². The van der Waals surface area contributed by atoms with Crippen LogP contribution in [-0.2, 0) is 4.79 Å². The van der Waals surface area contributed by atoms with Gasteiger partial charge in [0.15, 0.2) is 0 Å². The first-order valence-corrected chi connectivity index (χ1v) is 5.77. The fourth-order valence-corrected chi connectivity index (χ4v) is 1.42. The number of rotatable bonds is 9. The number of carbonyl (C=O) groups is 1. The van der Waals surface area contributed by atoms with Crippen LogP contribution >= 0.6 is 0 Å². The van der Waals surface area contributed by atoms with Crippen LogP contribution in [0.15, 0.2) is 11.9 Å². The molecule has 0 aliphatic rings. The number of allylic oxidation sites excluding steroid dienone is 1. The number of carboxylic acids is 1. The number of hydrogen-bond donors (Lipinski definition) is 1. The topological polar surface area (TPSA) is 37.3 Å². The van der Waals surface area contributed by atoms with Crippen LogP contribution in [0.1, 0.15) is 58.3 Å². The monoisotopic (exact) mass is 216 g/mol. The first-order valence-electron chi connectivity index (χ1n) is 5.77. The number of unbranched alkanes of at least 4 members (excludes halogenated alkanes) is 7. The molecule has 0 aromatic heterocycles. The van der Waals surface area contributed by atoms with Crippen molar-refractivity contribution in [3.05, 3.63) is 11.9 Å². The summed E-state index contributed by atoms with van der Waals surface area (Å²) in [5.41, 5.74) is 0. The van der Waals surface area contributed by atoms with Crippen LogP contribution in [0.3, 0.4) is 0 Å². The minimum absolute atomic E-state index is 0.534. The third-order valence-corrected chi connectivity index (χ3v) is 2.34. The van der Waals surface area contributed by atoms with E-state index in [2.05, 4.69) is 6.92 Å². The lowest BCUT2D eigenvalue weighted by Gasteiger charge is -1.98. The van der Waals surface area contributed by atoms with Crippen molar-refractivity contribution in [1.82, 2.24) is 0 Å². The summed E-state index contributed by atoms with van der Waals surface area (Å²) in [6.45, 7) is 2.18. The molecule has 0 unspecified atom stereocenters. The van der Waals surface area contributed by atoms with Gasteiger partial charge in [0.25, 0.3) is 0 Å². The fourth-order valence-electron chi connectivity index (χ4n) is 1.42. The van der Waals surface area contributed by atoms with Crippen molar-refractivity contribution in [2.75, 3.05) is 0 Å². The highest BCUT2D eigenvalue weighted by molar-refractivity contribution is 5.83. The molecular weight excluding hydrogens is 195 g/mol. The number of hydrogen-bond acceptors (Lipinski definition) is 1. The van der Waals surface area contributed by atoms with Gasteiger partial charge in [0.1, 0.15) is 0 Å². The minimum Gasteiger partial charge on any atom is -0.476 e. The zero-order valence-electron chi connectivity index (χ0n) is 9.47. The van der Waals surface area contributed by atoms with Crippen molar-refractivity contribution < 1.29 is 14.3 Å². The average molecular weight is 216 g/mol. The van der Waals surface area contributed by atoms with Crippen molar-refractivity contribution >= 4 is 5.97 Å². The Hall–Kier alpha value is -0.860. The quantitative estimate of drug-likeness (QED) is 0.466. The van der Waals surface area contributed by atoms with E-state index in [1.807, 2.05) is 0 Å². The largest absolute Gasteiger partial charge is 0.476 e. The van der Waals surface area contributed by atoms with Crippen LogP contribution in [-0.4, -0.2) is 11.1 Å². The molecule has 0 aromatic rings. The Morgan fingerprint density at radius 1 is 1.13 bits per heavy atom. The van der Waals surface area contributed by atoms with E-state index in [1.165, 1.54) is 32.1 Å². The Kier molecular flexibility index (Phi) is 9.13. The predicted molar refractivity (Wildman–Crippen MR) is 59.4 cm³/mol. The van der Waals surface area contributed by atoms with E-state index in [0.29, 0.717) is 6.42 Å². The molecule has 0 aromatic carbocycles. The predicted octanol–water partition coefficient (Wildman–Crippen LogP) is 4.07. The minimum atomic E-state index is -1.46. The van der Waals surface area contributed by atoms with E-state index >= 15 is 0 Å². The maximum atomic E-state index is 12.5. The van der Waals surface area contributed by atoms with Crippen LogP contribution in [0.4, 0.5) is 4.39 Å². The van der Waals surface area contributed by atoms with Gasteiger partial charge >= 0.3 is 5.97 Å². The van der Waals surface area contributed by atoms with Gasteiger partial charge in [-0.3, -0.25) is 0 Å². The standard InChI is InChI=1S/C12H21FO2/c1-2-3-4-5-6-7-8-9-10-11(13)12(14)15/h10H,2-9H2,1H3,(H,14,15)/b11-10-. The summed E-state index contributed by atoms with van der Waals surface area (Å²) < 4.78 is 12.5. The summed E-state index contributed by atoms with van der Waals surface area (Å²) in [6, 6.07) is 0. The summed E-state index contributed by atoms with van der Waals surface area (Å²) in [6.07, 6.45) is 9.84. The molecule has 0 rings (SSSR count). The lowest BCUT2D eigenvalue weighted by molar-refractivity contribution is -0.134. The van der Waals surface area contributed by atoms with E-state index in [-0.39, 0.29) is 0 Å². The van der Waals surface area contributed by atoms with Crippen molar-refractivity contribution in [2.45, 2.75) is 58.3 Å². The molecule has 0 fully saturated rings. The van der Waals surface area contributed by atoms with Crippen molar-refractivity contribution in [2.24, 2.45) is 0 Å². The van der Waals surface area contributed by atoms with Crippen molar-refractivity contribution in [3.8, 4) is 0 Å². The molecule has 88 valence electrons. The van der Waals surface area contributed by atoms with E-state index in [1.54, 1.807) is 0 Å². The lowest BCUT2D eigenvalue weighted by Crippen LogP contribution is -1.94. The van der Waals surface area contributed by atoms with Gasteiger partial charge in [0.2, 0.25) is 5.83 Å². The Labute approximate surface area is 91.2 Å². The van der Waals surface area contributed by atoms with E-state index in [0.717, 1.165) is 18.9 Å². The Balaban J connectivity index is 3.25. The van der Waals surface area contributed by atoms with Crippen molar-refractivity contribution in [3.63, 3.8) is 0 Å². The molecule has 0 saturated carbocycles. The summed E-state index contributed by atoms with van der Waals surface area (Å²) in [4.78, 5) is 10.1. The Morgan fingerprint density at radius 2 is 1.67 bits per heavy atom. The molecule has 2 nitrogen and oxygen atoms in total. The van der Waals surface area contributed by atoms with E-state index in [9.17, 15) is 9.18 Å². The van der Waals surface area contributed by atoms with Gasteiger partial charge in [-0.05, 0) is 18.9 Å². The van der Waals surface area contributed by atoms with Gasteiger partial charge in [-0.1, -0.05) is 45.4 Å². The van der Waals surface area contributed by atoms with Crippen LogP contribution in [0, 0.1) is 0 Å². The highest BCUT2D eigenvalue weighted by Crippen LogP contribution is 2.09. The highest BCUT2D eigenvalue weighted by Gasteiger charge is 2.02. The summed E-state index contributed by atoms with van der Waals surface area (Å²) in [5, 5.41) is 8.24. The molecule has 0 aliphatic heterocycles.